The second-order valence-corrected chi connectivity index (χ2v) is 5.15. The van der Waals surface area contributed by atoms with Gasteiger partial charge in [-0.1, -0.05) is 6.92 Å². The Labute approximate surface area is 92.4 Å². The smallest absolute Gasteiger partial charge is 0.239 e. The lowest BCUT2D eigenvalue weighted by Crippen LogP contribution is -2.47. The normalized spacial score (nSPS) is 29.7. The average Bonchev–Trinajstić information content (AvgIpc) is 2.65. The molecule has 0 aromatic rings. The Morgan fingerprint density at radius 1 is 1.13 bits per heavy atom. The Bertz CT molecular complexity index is 234. The molecule has 3 nitrogen and oxygen atoms in total. The zero-order valence-electron chi connectivity index (χ0n) is 9.91. The third-order valence-corrected chi connectivity index (χ3v) is 3.90. The van der Waals surface area contributed by atoms with E-state index in [-0.39, 0.29) is 6.04 Å². The minimum absolute atomic E-state index is 0.179. The van der Waals surface area contributed by atoms with E-state index in [0.717, 1.165) is 32.0 Å². The summed E-state index contributed by atoms with van der Waals surface area (Å²) in [5.41, 5.74) is 0. The van der Waals surface area contributed by atoms with Gasteiger partial charge in [0.05, 0.1) is 6.04 Å². The highest BCUT2D eigenvalue weighted by atomic mass is 16.2. The van der Waals surface area contributed by atoms with Gasteiger partial charge in [0.2, 0.25) is 5.91 Å². The molecule has 0 aromatic carbocycles. The number of hydrogen-bond donors (Lipinski definition) is 0. The van der Waals surface area contributed by atoms with Gasteiger partial charge in [0, 0.05) is 13.1 Å². The van der Waals surface area contributed by atoms with E-state index in [2.05, 4.69) is 23.8 Å². The molecule has 3 heteroatoms. The molecule has 0 aliphatic carbocycles. The molecule has 2 saturated heterocycles. The van der Waals surface area contributed by atoms with E-state index in [1.165, 1.54) is 19.3 Å². The van der Waals surface area contributed by atoms with Gasteiger partial charge in [-0.05, 0) is 45.2 Å². The number of rotatable bonds is 1. The van der Waals surface area contributed by atoms with Crippen molar-refractivity contribution in [2.45, 2.75) is 38.6 Å². The molecule has 0 N–H and O–H groups in total. The van der Waals surface area contributed by atoms with E-state index in [4.69, 9.17) is 0 Å². The van der Waals surface area contributed by atoms with E-state index >= 15 is 0 Å². The molecule has 0 spiro atoms. The minimum Gasteiger partial charge on any atom is -0.341 e. The van der Waals surface area contributed by atoms with Crippen LogP contribution in [-0.2, 0) is 4.79 Å². The quantitative estimate of drug-likeness (QED) is 0.652. The molecule has 0 bridgehead atoms. The van der Waals surface area contributed by atoms with Gasteiger partial charge < -0.3 is 4.90 Å². The second-order valence-electron chi connectivity index (χ2n) is 5.15. The van der Waals surface area contributed by atoms with Crippen molar-refractivity contribution < 1.29 is 4.79 Å². The molecule has 2 heterocycles. The van der Waals surface area contributed by atoms with Crippen molar-refractivity contribution in [3.8, 4) is 0 Å². The maximum atomic E-state index is 12.2. The highest BCUT2D eigenvalue weighted by Gasteiger charge is 2.32. The van der Waals surface area contributed by atoms with Gasteiger partial charge in [-0.3, -0.25) is 9.69 Å². The summed E-state index contributed by atoms with van der Waals surface area (Å²) >= 11 is 0. The van der Waals surface area contributed by atoms with Crippen molar-refractivity contribution >= 4 is 5.91 Å². The summed E-state index contributed by atoms with van der Waals surface area (Å²) in [6.07, 6.45) is 4.60. The highest BCUT2D eigenvalue weighted by Crippen LogP contribution is 2.21. The molecule has 0 aromatic heterocycles. The molecule has 2 rings (SSSR count). The third-order valence-electron chi connectivity index (χ3n) is 3.90. The fourth-order valence-corrected chi connectivity index (χ4v) is 2.66. The Hall–Kier alpha value is -0.570. The Kier molecular flexibility index (Phi) is 3.29. The van der Waals surface area contributed by atoms with Gasteiger partial charge in [-0.25, -0.2) is 0 Å². The molecule has 0 saturated carbocycles. The topological polar surface area (TPSA) is 23.6 Å². The molecule has 0 unspecified atom stereocenters. The van der Waals surface area contributed by atoms with Crippen LogP contribution in [0.3, 0.4) is 0 Å². The number of carbonyl (C=O) groups excluding carboxylic acids is 1. The van der Waals surface area contributed by atoms with Crippen LogP contribution in [0.5, 0.6) is 0 Å². The highest BCUT2D eigenvalue weighted by molar-refractivity contribution is 5.82. The second kappa shape index (κ2) is 4.52. The number of nitrogens with zero attached hydrogens (tertiary/aromatic N) is 2. The van der Waals surface area contributed by atoms with Crippen LogP contribution in [-0.4, -0.2) is 48.4 Å². The lowest BCUT2D eigenvalue weighted by Gasteiger charge is -2.33. The Morgan fingerprint density at radius 3 is 2.33 bits per heavy atom. The summed E-state index contributed by atoms with van der Waals surface area (Å²) in [6, 6.07) is 0.179. The van der Waals surface area contributed by atoms with Gasteiger partial charge in [-0.15, -0.1) is 0 Å². The molecule has 1 amide bonds. The maximum absolute atomic E-state index is 12.2. The van der Waals surface area contributed by atoms with Gasteiger partial charge in [0.1, 0.15) is 0 Å². The number of likely N-dealkylation sites (tertiary alicyclic amines) is 2. The minimum atomic E-state index is 0.179. The largest absolute Gasteiger partial charge is 0.341 e. The monoisotopic (exact) mass is 210 g/mol. The van der Waals surface area contributed by atoms with E-state index < -0.39 is 0 Å². The van der Waals surface area contributed by atoms with Crippen LogP contribution < -0.4 is 0 Å². The summed E-state index contributed by atoms with van der Waals surface area (Å²) in [5, 5.41) is 0. The molecule has 1 atom stereocenters. The summed E-state index contributed by atoms with van der Waals surface area (Å²) in [4.78, 5) is 16.5. The van der Waals surface area contributed by atoms with E-state index in [9.17, 15) is 4.79 Å². The summed E-state index contributed by atoms with van der Waals surface area (Å²) < 4.78 is 0. The zero-order chi connectivity index (χ0) is 10.8. The zero-order valence-corrected chi connectivity index (χ0v) is 9.91. The number of hydrogen-bond acceptors (Lipinski definition) is 2. The van der Waals surface area contributed by atoms with Crippen LogP contribution in [0.1, 0.15) is 32.6 Å². The number of piperidine rings is 1. The van der Waals surface area contributed by atoms with Crippen LogP contribution >= 0.6 is 0 Å². The lowest BCUT2D eigenvalue weighted by molar-refractivity contribution is -0.136. The standard InChI is InChI=1S/C12H22N2O/c1-10-5-8-14(9-6-10)12(15)11-4-3-7-13(11)2/h10-11H,3-9H2,1-2H3/t11-/m0/s1. The van der Waals surface area contributed by atoms with Crippen LogP contribution in [0, 0.1) is 5.92 Å². The van der Waals surface area contributed by atoms with Crippen molar-refractivity contribution in [3.63, 3.8) is 0 Å². The molecular formula is C12H22N2O. The molecule has 86 valence electrons. The third kappa shape index (κ3) is 2.33. The van der Waals surface area contributed by atoms with E-state index in [1.54, 1.807) is 0 Å². The van der Waals surface area contributed by atoms with Gasteiger partial charge >= 0.3 is 0 Å². The summed E-state index contributed by atoms with van der Waals surface area (Å²) in [6.45, 7) is 5.32. The number of likely N-dealkylation sites (N-methyl/N-ethyl adjacent to an activating group) is 1. The first-order valence-electron chi connectivity index (χ1n) is 6.17. The first-order valence-corrected chi connectivity index (χ1v) is 6.17. The van der Waals surface area contributed by atoms with Gasteiger partial charge in [-0.2, -0.15) is 0 Å². The van der Waals surface area contributed by atoms with Crippen molar-refractivity contribution in [1.82, 2.24) is 9.80 Å². The fraction of sp³-hybridized carbons (Fsp3) is 0.917. The molecule has 2 aliphatic heterocycles. The lowest BCUT2D eigenvalue weighted by atomic mass is 9.98. The fourth-order valence-electron chi connectivity index (χ4n) is 2.66. The van der Waals surface area contributed by atoms with Gasteiger partial charge in [0.15, 0.2) is 0 Å². The number of amides is 1. The van der Waals surface area contributed by atoms with Crippen LogP contribution in [0.25, 0.3) is 0 Å². The first kappa shape index (κ1) is 10.9. The van der Waals surface area contributed by atoms with Crippen molar-refractivity contribution in [2.24, 2.45) is 5.92 Å². The number of carbonyl (C=O) groups is 1. The Morgan fingerprint density at radius 2 is 1.80 bits per heavy atom. The molecule has 15 heavy (non-hydrogen) atoms. The van der Waals surface area contributed by atoms with Gasteiger partial charge in [0.25, 0.3) is 0 Å². The molecular weight excluding hydrogens is 188 g/mol. The maximum Gasteiger partial charge on any atom is 0.239 e. The van der Waals surface area contributed by atoms with Crippen LogP contribution in [0.2, 0.25) is 0 Å². The summed E-state index contributed by atoms with van der Waals surface area (Å²) in [5.74, 6) is 1.18. The SMILES string of the molecule is CC1CCN(C(=O)[C@@H]2CCCN2C)CC1. The summed E-state index contributed by atoms with van der Waals surface area (Å²) in [7, 11) is 2.07. The van der Waals surface area contributed by atoms with Crippen molar-refractivity contribution in [2.75, 3.05) is 26.7 Å². The predicted octanol–water partition coefficient (Wildman–Crippen LogP) is 1.34. The Balaban J connectivity index is 1.90. The first-order chi connectivity index (χ1) is 7.18. The van der Waals surface area contributed by atoms with Crippen LogP contribution in [0.4, 0.5) is 0 Å². The average molecular weight is 210 g/mol. The van der Waals surface area contributed by atoms with Crippen molar-refractivity contribution in [3.05, 3.63) is 0 Å². The molecule has 2 fully saturated rings. The van der Waals surface area contributed by atoms with Crippen LogP contribution in [0.15, 0.2) is 0 Å². The molecule has 2 aliphatic rings. The molecule has 0 radical (unpaired) electrons. The van der Waals surface area contributed by atoms with Crippen molar-refractivity contribution in [1.29, 1.82) is 0 Å². The van der Waals surface area contributed by atoms with E-state index in [1.807, 2.05) is 0 Å². The predicted molar refractivity (Wildman–Crippen MR) is 60.6 cm³/mol. The van der Waals surface area contributed by atoms with E-state index in [0.29, 0.717) is 5.91 Å².